The summed E-state index contributed by atoms with van der Waals surface area (Å²) < 4.78 is 0. The van der Waals surface area contributed by atoms with E-state index in [0.717, 1.165) is 25.4 Å². The van der Waals surface area contributed by atoms with Crippen LogP contribution in [0.25, 0.3) is 0 Å². The van der Waals surface area contributed by atoms with E-state index in [4.69, 9.17) is 5.11 Å². The molecule has 1 N–H and O–H groups in total. The highest BCUT2D eigenvalue weighted by Gasteiger charge is 2.22. The second kappa shape index (κ2) is 5.35. The number of nitrogens with zero attached hydrogens (tertiary/aromatic N) is 1. The first kappa shape index (κ1) is 11.5. The molecule has 1 aliphatic rings. The maximum Gasteiger partial charge on any atom is 0.303 e. The molecule has 0 aromatic rings. The first-order valence-electron chi connectivity index (χ1n) is 5.55. The van der Waals surface area contributed by atoms with Crippen molar-refractivity contribution in [2.24, 2.45) is 5.92 Å². The molecule has 1 rings (SSSR count). The molecule has 3 heteroatoms. The van der Waals surface area contributed by atoms with Gasteiger partial charge in [-0.15, -0.1) is 0 Å². The van der Waals surface area contributed by atoms with Crippen LogP contribution in [0.15, 0.2) is 0 Å². The zero-order valence-electron chi connectivity index (χ0n) is 9.20. The molecule has 0 spiro atoms. The predicted molar refractivity (Wildman–Crippen MR) is 56.3 cm³/mol. The van der Waals surface area contributed by atoms with E-state index in [1.165, 1.54) is 12.8 Å². The van der Waals surface area contributed by atoms with Gasteiger partial charge in [0.25, 0.3) is 0 Å². The van der Waals surface area contributed by atoms with E-state index >= 15 is 0 Å². The summed E-state index contributed by atoms with van der Waals surface area (Å²) >= 11 is 0. The predicted octanol–water partition coefficient (Wildman–Crippen LogP) is 1.97. The lowest BCUT2D eigenvalue weighted by molar-refractivity contribution is -0.137. The van der Waals surface area contributed by atoms with Crippen LogP contribution in [0, 0.1) is 5.92 Å². The normalized spacial score (nSPS) is 29.0. The minimum absolute atomic E-state index is 0.303. The summed E-state index contributed by atoms with van der Waals surface area (Å²) in [6.45, 7) is 6.60. The highest BCUT2D eigenvalue weighted by molar-refractivity contribution is 5.66. The standard InChI is InChI=1S/C11H21NO2/c1-9-5-6-10(2)12(8-9)7-3-4-11(13)14/h9-10H,3-8H2,1-2H3,(H,13,14). The molecule has 3 nitrogen and oxygen atoms in total. The highest BCUT2D eigenvalue weighted by atomic mass is 16.4. The van der Waals surface area contributed by atoms with Crippen LogP contribution in [0.4, 0.5) is 0 Å². The lowest BCUT2D eigenvalue weighted by Gasteiger charge is -2.36. The van der Waals surface area contributed by atoms with E-state index in [-0.39, 0.29) is 0 Å². The number of rotatable bonds is 4. The van der Waals surface area contributed by atoms with Gasteiger partial charge in [0.05, 0.1) is 0 Å². The summed E-state index contributed by atoms with van der Waals surface area (Å²) in [5.74, 6) is 0.0961. The molecule has 2 unspecified atom stereocenters. The van der Waals surface area contributed by atoms with Crippen molar-refractivity contribution in [3.8, 4) is 0 Å². The molecule has 0 bridgehead atoms. The lowest BCUT2D eigenvalue weighted by atomic mass is 9.95. The molecule has 82 valence electrons. The van der Waals surface area contributed by atoms with Crippen molar-refractivity contribution < 1.29 is 9.90 Å². The van der Waals surface area contributed by atoms with Gasteiger partial charge in [-0.05, 0) is 38.6 Å². The highest BCUT2D eigenvalue weighted by Crippen LogP contribution is 2.21. The fourth-order valence-corrected chi connectivity index (χ4v) is 2.12. The molecule has 0 amide bonds. The van der Waals surface area contributed by atoms with Crippen molar-refractivity contribution in [2.45, 2.75) is 45.6 Å². The van der Waals surface area contributed by atoms with Crippen LogP contribution >= 0.6 is 0 Å². The Hall–Kier alpha value is -0.570. The molecule has 14 heavy (non-hydrogen) atoms. The zero-order valence-corrected chi connectivity index (χ0v) is 9.20. The molecule has 1 saturated heterocycles. The summed E-state index contributed by atoms with van der Waals surface area (Å²) in [7, 11) is 0. The van der Waals surface area contributed by atoms with Crippen molar-refractivity contribution in [1.29, 1.82) is 0 Å². The van der Waals surface area contributed by atoms with Crippen LogP contribution in [-0.4, -0.2) is 35.1 Å². The summed E-state index contributed by atoms with van der Waals surface area (Å²) in [5, 5.41) is 8.54. The van der Waals surface area contributed by atoms with Gasteiger partial charge in [-0.3, -0.25) is 4.79 Å². The van der Waals surface area contributed by atoms with Crippen LogP contribution < -0.4 is 0 Å². The van der Waals surface area contributed by atoms with Crippen LogP contribution in [0.2, 0.25) is 0 Å². The molecule has 0 aliphatic carbocycles. The van der Waals surface area contributed by atoms with Gasteiger partial charge in [-0.25, -0.2) is 0 Å². The average Bonchev–Trinajstić information content (AvgIpc) is 2.10. The van der Waals surface area contributed by atoms with Gasteiger partial charge < -0.3 is 10.0 Å². The van der Waals surface area contributed by atoms with E-state index in [2.05, 4.69) is 18.7 Å². The third-order valence-corrected chi connectivity index (χ3v) is 3.08. The van der Waals surface area contributed by atoms with Gasteiger partial charge in [-0.2, -0.15) is 0 Å². The summed E-state index contributed by atoms with van der Waals surface area (Å²) in [6.07, 6.45) is 3.66. The third kappa shape index (κ3) is 3.66. The van der Waals surface area contributed by atoms with E-state index in [1.54, 1.807) is 0 Å². The van der Waals surface area contributed by atoms with Gasteiger partial charge in [0.15, 0.2) is 0 Å². The number of likely N-dealkylation sites (tertiary alicyclic amines) is 1. The van der Waals surface area contributed by atoms with Crippen LogP contribution in [-0.2, 0) is 4.79 Å². The van der Waals surface area contributed by atoms with Gasteiger partial charge >= 0.3 is 5.97 Å². The van der Waals surface area contributed by atoms with E-state index in [1.807, 2.05) is 0 Å². The number of aliphatic carboxylic acids is 1. The molecule has 0 saturated carbocycles. The number of hydrogen-bond donors (Lipinski definition) is 1. The van der Waals surface area contributed by atoms with Crippen LogP contribution in [0.5, 0.6) is 0 Å². The molecule has 2 atom stereocenters. The third-order valence-electron chi connectivity index (χ3n) is 3.08. The Kier molecular flexibility index (Phi) is 4.39. The first-order valence-corrected chi connectivity index (χ1v) is 5.55. The van der Waals surface area contributed by atoms with Gasteiger partial charge in [-0.1, -0.05) is 6.92 Å². The average molecular weight is 199 g/mol. The molecular formula is C11H21NO2. The SMILES string of the molecule is CC1CCC(C)N(CCCC(=O)O)C1. The van der Waals surface area contributed by atoms with Crippen molar-refractivity contribution in [2.75, 3.05) is 13.1 Å². The smallest absolute Gasteiger partial charge is 0.303 e. The number of carbonyl (C=O) groups is 1. The molecule has 0 radical (unpaired) electrons. The Morgan fingerprint density at radius 3 is 2.79 bits per heavy atom. The Labute approximate surface area is 86.1 Å². The molecule has 0 aromatic carbocycles. The minimum atomic E-state index is -0.678. The fourth-order valence-electron chi connectivity index (χ4n) is 2.12. The molecule has 0 aromatic heterocycles. The maximum atomic E-state index is 10.4. The molecular weight excluding hydrogens is 178 g/mol. The van der Waals surface area contributed by atoms with Gasteiger partial charge in [0.1, 0.15) is 0 Å². The van der Waals surface area contributed by atoms with Crippen LogP contribution in [0.1, 0.15) is 39.5 Å². The zero-order chi connectivity index (χ0) is 10.6. The van der Waals surface area contributed by atoms with Crippen molar-refractivity contribution >= 4 is 5.97 Å². The first-order chi connectivity index (χ1) is 6.59. The molecule has 1 fully saturated rings. The molecule has 1 aliphatic heterocycles. The second-order valence-corrected chi connectivity index (χ2v) is 4.52. The number of piperidine rings is 1. The van der Waals surface area contributed by atoms with Crippen molar-refractivity contribution in [3.63, 3.8) is 0 Å². The second-order valence-electron chi connectivity index (χ2n) is 4.52. The van der Waals surface area contributed by atoms with Crippen LogP contribution in [0.3, 0.4) is 0 Å². The lowest BCUT2D eigenvalue weighted by Crippen LogP contribution is -2.41. The number of hydrogen-bond acceptors (Lipinski definition) is 2. The van der Waals surface area contributed by atoms with Crippen molar-refractivity contribution in [1.82, 2.24) is 4.90 Å². The Morgan fingerprint density at radius 1 is 1.43 bits per heavy atom. The molecule has 1 heterocycles. The number of carboxylic acids is 1. The largest absolute Gasteiger partial charge is 0.481 e. The van der Waals surface area contributed by atoms with Gasteiger partial charge in [0.2, 0.25) is 0 Å². The maximum absolute atomic E-state index is 10.4. The Bertz CT molecular complexity index is 194. The Balaban J connectivity index is 2.24. The summed E-state index contributed by atoms with van der Waals surface area (Å²) in [5.41, 5.74) is 0. The Morgan fingerprint density at radius 2 is 2.14 bits per heavy atom. The minimum Gasteiger partial charge on any atom is -0.481 e. The van der Waals surface area contributed by atoms with Crippen molar-refractivity contribution in [3.05, 3.63) is 0 Å². The quantitative estimate of drug-likeness (QED) is 0.752. The topological polar surface area (TPSA) is 40.5 Å². The monoisotopic (exact) mass is 199 g/mol. The number of carboxylic acid groups (broad SMARTS) is 1. The van der Waals surface area contributed by atoms with Gasteiger partial charge in [0, 0.05) is 19.0 Å². The van der Waals surface area contributed by atoms with E-state index in [9.17, 15) is 4.79 Å². The summed E-state index contributed by atoms with van der Waals surface area (Å²) in [6, 6.07) is 0.639. The van der Waals surface area contributed by atoms with E-state index < -0.39 is 5.97 Å². The fraction of sp³-hybridized carbons (Fsp3) is 0.909. The summed E-state index contributed by atoms with van der Waals surface area (Å²) in [4.78, 5) is 12.8. The van der Waals surface area contributed by atoms with E-state index in [0.29, 0.717) is 12.5 Å².